The average molecular weight is 601 g/mol. The highest BCUT2D eigenvalue weighted by molar-refractivity contribution is 9.10. The van der Waals surface area contributed by atoms with Crippen LogP contribution in [-0.2, 0) is 26.2 Å². The van der Waals surface area contributed by atoms with Gasteiger partial charge in [0.15, 0.2) is 0 Å². The standard InChI is InChI=1S/C29H34BrN3O4S/c1-5-27(29(35)31-21(2)3)32(19-23-9-7-6-8-10-23)28(34)20-33(25-15-13-24(30)14-16-25)38(36,37)26-17-11-22(4)12-18-26/h6-18,21,27H,5,19-20H2,1-4H3,(H,31,35)/t27-/m0/s1. The van der Waals surface area contributed by atoms with Crippen molar-refractivity contribution in [3.63, 3.8) is 0 Å². The van der Waals surface area contributed by atoms with Gasteiger partial charge in [-0.3, -0.25) is 13.9 Å². The minimum absolute atomic E-state index is 0.0815. The lowest BCUT2D eigenvalue weighted by molar-refractivity contribution is -0.140. The van der Waals surface area contributed by atoms with Gasteiger partial charge in [-0.15, -0.1) is 0 Å². The number of nitrogens with zero attached hydrogens (tertiary/aromatic N) is 2. The summed E-state index contributed by atoms with van der Waals surface area (Å²) < 4.78 is 29.5. The minimum atomic E-state index is -4.09. The smallest absolute Gasteiger partial charge is 0.264 e. The van der Waals surface area contributed by atoms with Gasteiger partial charge >= 0.3 is 0 Å². The minimum Gasteiger partial charge on any atom is -0.352 e. The van der Waals surface area contributed by atoms with Crippen LogP contribution in [0.25, 0.3) is 0 Å². The highest BCUT2D eigenvalue weighted by Gasteiger charge is 2.33. The number of nitrogens with one attached hydrogen (secondary N) is 1. The van der Waals surface area contributed by atoms with Gasteiger partial charge in [0.2, 0.25) is 11.8 Å². The lowest BCUT2D eigenvalue weighted by Gasteiger charge is -2.33. The molecule has 3 rings (SSSR count). The predicted molar refractivity (Wildman–Crippen MR) is 154 cm³/mol. The second kappa shape index (κ2) is 13.1. The molecule has 9 heteroatoms. The molecule has 1 N–H and O–H groups in total. The highest BCUT2D eigenvalue weighted by atomic mass is 79.9. The van der Waals surface area contributed by atoms with Gasteiger partial charge in [0.1, 0.15) is 12.6 Å². The SMILES string of the molecule is CC[C@@H](C(=O)NC(C)C)N(Cc1ccccc1)C(=O)CN(c1ccc(Br)cc1)S(=O)(=O)c1ccc(C)cc1. The fraction of sp³-hybridized carbons (Fsp3) is 0.310. The van der Waals surface area contributed by atoms with E-state index in [9.17, 15) is 18.0 Å². The molecule has 0 heterocycles. The summed E-state index contributed by atoms with van der Waals surface area (Å²) in [5.74, 6) is -0.749. The third-order valence-corrected chi connectivity index (χ3v) is 8.33. The van der Waals surface area contributed by atoms with Gasteiger partial charge in [0, 0.05) is 17.1 Å². The number of halogens is 1. The zero-order chi connectivity index (χ0) is 27.9. The van der Waals surface area contributed by atoms with E-state index in [1.165, 1.54) is 17.0 Å². The molecule has 3 aromatic rings. The van der Waals surface area contributed by atoms with Crippen LogP contribution in [0.3, 0.4) is 0 Å². The van der Waals surface area contributed by atoms with Gasteiger partial charge in [-0.2, -0.15) is 0 Å². The molecule has 7 nitrogen and oxygen atoms in total. The van der Waals surface area contributed by atoms with E-state index in [1.807, 2.05) is 58.0 Å². The van der Waals surface area contributed by atoms with Crippen molar-refractivity contribution in [1.82, 2.24) is 10.2 Å². The van der Waals surface area contributed by atoms with Crippen LogP contribution in [0, 0.1) is 6.92 Å². The molecular formula is C29H34BrN3O4S. The molecule has 0 spiro atoms. The molecule has 0 aromatic heterocycles. The average Bonchev–Trinajstić information content (AvgIpc) is 2.88. The quantitative estimate of drug-likeness (QED) is 0.324. The van der Waals surface area contributed by atoms with E-state index in [-0.39, 0.29) is 23.4 Å². The first-order valence-corrected chi connectivity index (χ1v) is 14.7. The van der Waals surface area contributed by atoms with Crippen molar-refractivity contribution in [3.8, 4) is 0 Å². The molecule has 2 amide bonds. The van der Waals surface area contributed by atoms with Gasteiger partial charge in [-0.25, -0.2) is 8.42 Å². The number of hydrogen-bond acceptors (Lipinski definition) is 4. The predicted octanol–water partition coefficient (Wildman–Crippen LogP) is 5.28. The topological polar surface area (TPSA) is 86.8 Å². The number of benzene rings is 3. The van der Waals surface area contributed by atoms with E-state index in [0.717, 1.165) is 19.9 Å². The van der Waals surface area contributed by atoms with Gasteiger partial charge in [-0.05, 0) is 69.2 Å². The van der Waals surface area contributed by atoms with Crippen LogP contribution < -0.4 is 9.62 Å². The van der Waals surface area contributed by atoms with Crippen LogP contribution in [0.2, 0.25) is 0 Å². The van der Waals surface area contributed by atoms with Crippen molar-refractivity contribution in [2.24, 2.45) is 0 Å². The fourth-order valence-electron chi connectivity index (χ4n) is 4.05. The number of aryl methyl sites for hydroxylation is 1. The number of carbonyl (C=O) groups excluding carboxylic acids is 2. The second-order valence-corrected chi connectivity index (χ2v) is 12.2. The Morgan fingerprint density at radius 2 is 1.53 bits per heavy atom. The van der Waals surface area contributed by atoms with Crippen molar-refractivity contribution < 1.29 is 18.0 Å². The molecule has 0 saturated carbocycles. The number of sulfonamides is 1. The maximum atomic E-state index is 14.0. The number of hydrogen-bond donors (Lipinski definition) is 1. The fourth-order valence-corrected chi connectivity index (χ4v) is 5.73. The first-order valence-electron chi connectivity index (χ1n) is 12.5. The van der Waals surface area contributed by atoms with E-state index in [0.29, 0.717) is 12.1 Å². The normalized spacial score (nSPS) is 12.2. The molecule has 0 radical (unpaired) electrons. The van der Waals surface area contributed by atoms with Crippen LogP contribution in [0.5, 0.6) is 0 Å². The molecule has 38 heavy (non-hydrogen) atoms. The monoisotopic (exact) mass is 599 g/mol. The maximum absolute atomic E-state index is 14.0. The zero-order valence-electron chi connectivity index (χ0n) is 22.1. The van der Waals surface area contributed by atoms with Crippen LogP contribution >= 0.6 is 15.9 Å². The summed E-state index contributed by atoms with van der Waals surface area (Å²) in [4.78, 5) is 28.6. The van der Waals surface area contributed by atoms with Gasteiger partial charge in [-0.1, -0.05) is 70.9 Å². The van der Waals surface area contributed by atoms with Crippen LogP contribution in [0.4, 0.5) is 5.69 Å². The Bertz CT molecular complexity index is 1330. The van der Waals surface area contributed by atoms with Crippen molar-refractivity contribution >= 4 is 43.5 Å². The Hall–Kier alpha value is -3.17. The third-order valence-electron chi connectivity index (χ3n) is 6.02. The van der Waals surface area contributed by atoms with Crippen LogP contribution in [0.1, 0.15) is 38.3 Å². The Morgan fingerprint density at radius 3 is 2.08 bits per heavy atom. The lowest BCUT2D eigenvalue weighted by Crippen LogP contribution is -2.53. The maximum Gasteiger partial charge on any atom is 0.264 e. The molecule has 0 unspecified atom stereocenters. The van der Waals surface area contributed by atoms with E-state index >= 15 is 0 Å². The summed E-state index contributed by atoms with van der Waals surface area (Å²) in [5.41, 5.74) is 2.11. The van der Waals surface area contributed by atoms with E-state index < -0.39 is 28.5 Å². The Labute approximate surface area is 234 Å². The van der Waals surface area contributed by atoms with Crippen molar-refractivity contribution in [1.29, 1.82) is 0 Å². The molecule has 0 fully saturated rings. The van der Waals surface area contributed by atoms with E-state index in [1.54, 1.807) is 36.4 Å². The van der Waals surface area contributed by atoms with Gasteiger partial charge in [0.25, 0.3) is 10.0 Å². The molecule has 0 aliphatic carbocycles. The summed E-state index contributed by atoms with van der Waals surface area (Å²) in [6, 6.07) is 21.8. The number of amides is 2. The van der Waals surface area contributed by atoms with Crippen LogP contribution in [-0.4, -0.2) is 43.8 Å². The van der Waals surface area contributed by atoms with Crippen molar-refractivity contribution in [2.75, 3.05) is 10.8 Å². The number of carbonyl (C=O) groups is 2. The van der Waals surface area contributed by atoms with E-state index in [4.69, 9.17) is 0 Å². The summed E-state index contributed by atoms with van der Waals surface area (Å²) in [7, 11) is -4.09. The van der Waals surface area contributed by atoms with E-state index in [2.05, 4.69) is 21.2 Å². The molecule has 202 valence electrons. The molecular weight excluding hydrogens is 566 g/mol. The van der Waals surface area contributed by atoms with Crippen LogP contribution in [0.15, 0.2) is 88.2 Å². The summed E-state index contributed by atoms with van der Waals surface area (Å²) >= 11 is 3.39. The Morgan fingerprint density at radius 1 is 0.921 bits per heavy atom. The first kappa shape index (κ1) is 29.4. The first-order chi connectivity index (χ1) is 18.0. The third kappa shape index (κ3) is 7.45. The van der Waals surface area contributed by atoms with Gasteiger partial charge in [0.05, 0.1) is 10.6 Å². The molecule has 3 aromatic carbocycles. The summed E-state index contributed by atoms with van der Waals surface area (Å²) in [6.45, 7) is 7.14. The van der Waals surface area contributed by atoms with Gasteiger partial charge < -0.3 is 10.2 Å². The Kier molecular flexibility index (Phi) is 10.1. The molecule has 0 aliphatic rings. The summed E-state index contributed by atoms with van der Waals surface area (Å²) in [5, 5.41) is 2.90. The second-order valence-electron chi connectivity index (χ2n) is 9.40. The molecule has 0 saturated heterocycles. The number of rotatable bonds is 11. The summed E-state index contributed by atoms with van der Waals surface area (Å²) in [6.07, 6.45) is 0.375. The largest absolute Gasteiger partial charge is 0.352 e. The zero-order valence-corrected chi connectivity index (χ0v) is 24.5. The Balaban J connectivity index is 2.04. The molecule has 0 aliphatic heterocycles. The molecule has 1 atom stereocenters. The lowest BCUT2D eigenvalue weighted by atomic mass is 10.1. The number of anilines is 1. The molecule has 0 bridgehead atoms. The highest BCUT2D eigenvalue weighted by Crippen LogP contribution is 2.26. The van der Waals surface area contributed by atoms with Crippen molar-refractivity contribution in [2.45, 2.75) is 57.6 Å². The van der Waals surface area contributed by atoms with Crippen molar-refractivity contribution in [3.05, 3.63) is 94.5 Å².